The van der Waals surface area contributed by atoms with Crippen molar-refractivity contribution >= 4 is 29.0 Å². The second-order valence-corrected chi connectivity index (χ2v) is 5.62. The highest BCUT2D eigenvalue weighted by Crippen LogP contribution is 2.33. The molecule has 22 heavy (non-hydrogen) atoms. The number of aryl methyl sites for hydroxylation is 1. The highest BCUT2D eigenvalue weighted by Gasteiger charge is 2.24. The molecule has 2 N–H and O–H groups in total. The number of para-hydroxylation sites is 1. The maximum absolute atomic E-state index is 12.2. The van der Waals surface area contributed by atoms with Crippen molar-refractivity contribution in [1.29, 1.82) is 0 Å². The van der Waals surface area contributed by atoms with E-state index in [-0.39, 0.29) is 11.7 Å². The van der Waals surface area contributed by atoms with Crippen LogP contribution in [0.2, 0.25) is 0 Å². The molecule has 0 saturated carbocycles. The molecule has 0 radical (unpaired) electrons. The molecule has 2 aromatic rings. The third-order valence-corrected chi connectivity index (χ3v) is 3.97. The minimum Gasteiger partial charge on any atom is -0.361 e. The van der Waals surface area contributed by atoms with E-state index in [2.05, 4.69) is 10.3 Å². The number of aromatic nitrogens is 1. The summed E-state index contributed by atoms with van der Waals surface area (Å²) in [7, 11) is 0. The first-order chi connectivity index (χ1) is 10.6. The Bertz CT molecular complexity index is 784. The van der Waals surface area contributed by atoms with Crippen LogP contribution in [-0.2, 0) is 16.0 Å². The molecule has 1 aliphatic rings. The number of hydrogen-bond acceptors (Lipinski definition) is 2. The van der Waals surface area contributed by atoms with Gasteiger partial charge in [-0.25, -0.2) is 0 Å². The lowest BCUT2D eigenvalue weighted by Crippen LogP contribution is -2.04. The smallest absolute Gasteiger partial charge is 0.256 e. The van der Waals surface area contributed by atoms with Gasteiger partial charge >= 0.3 is 0 Å². The Morgan fingerprint density at radius 3 is 2.82 bits per heavy atom. The number of benzene rings is 1. The normalized spacial score (nSPS) is 15.0. The average molecular weight is 294 g/mol. The van der Waals surface area contributed by atoms with Crippen LogP contribution >= 0.6 is 0 Å². The molecule has 0 aliphatic carbocycles. The average Bonchev–Trinajstić information content (AvgIpc) is 2.98. The maximum Gasteiger partial charge on any atom is 0.256 e. The topological polar surface area (TPSA) is 62.0 Å². The van der Waals surface area contributed by atoms with Gasteiger partial charge in [-0.3, -0.25) is 4.79 Å². The Kier molecular flexibility index (Phi) is 3.67. The Morgan fingerprint density at radius 1 is 1.27 bits per heavy atom. The number of anilines is 1. The van der Waals surface area contributed by atoms with Crippen LogP contribution in [-0.4, -0.2) is 16.7 Å². The molecular formula is C18H18N2O2. The monoisotopic (exact) mass is 294 g/mol. The summed E-state index contributed by atoms with van der Waals surface area (Å²) in [4.78, 5) is 26.6. The van der Waals surface area contributed by atoms with Crippen molar-refractivity contribution < 1.29 is 9.59 Å². The van der Waals surface area contributed by atoms with E-state index >= 15 is 0 Å². The minimum atomic E-state index is -0.0917. The van der Waals surface area contributed by atoms with Gasteiger partial charge in [-0.15, -0.1) is 0 Å². The van der Waals surface area contributed by atoms with E-state index in [1.165, 1.54) is 0 Å². The molecular weight excluding hydrogens is 276 g/mol. The molecule has 1 amide bonds. The van der Waals surface area contributed by atoms with E-state index in [9.17, 15) is 9.59 Å². The molecule has 0 unspecified atom stereocenters. The molecule has 0 fully saturated rings. The molecule has 1 aliphatic heterocycles. The van der Waals surface area contributed by atoms with Crippen molar-refractivity contribution in [2.24, 2.45) is 0 Å². The van der Waals surface area contributed by atoms with E-state index < -0.39 is 0 Å². The Balaban J connectivity index is 1.99. The Morgan fingerprint density at radius 2 is 2.05 bits per heavy atom. The van der Waals surface area contributed by atoms with Crippen molar-refractivity contribution in [2.45, 2.75) is 26.7 Å². The lowest BCUT2D eigenvalue weighted by atomic mass is 10.0. The lowest BCUT2D eigenvalue weighted by Gasteiger charge is -2.02. The molecule has 0 spiro atoms. The van der Waals surface area contributed by atoms with E-state index in [1.54, 1.807) is 6.92 Å². The predicted octanol–water partition coefficient (Wildman–Crippen LogP) is 3.34. The summed E-state index contributed by atoms with van der Waals surface area (Å²) in [5.74, 6) is 0.0779. The van der Waals surface area contributed by atoms with E-state index in [4.69, 9.17) is 0 Å². The summed E-state index contributed by atoms with van der Waals surface area (Å²) in [6, 6.07) is 7.65. The third-order valence-electron chi connectivity index (χ3n) is 3.97. The molecule has 0 atom stereocenters. The number of rotatable bonds is 4. The van der Waals surface area contributed by atoms with Crippen LogP contribution in [0, 0.1) is 6.92 Å². The quantitative estimate of drug-likeness (QED) is 0.850. The first-order valence-electron chi connectivity index (χ1n) is 7.35. The maximum atomic E-state index is 12.2. The van der Waals surface area contributed by atoms with Gasteiger partial charge < -0.3 is 15.1 Å². The van der Waals surface area contributed by atoms with Gasteiger partial charge in [-0.2, -0.15) is 0 Å². The summed E-state index contributed by atoms with van der Waals surface area (Å²) in [5.41, 5.74) is 5.52. The fraction of sp³-hybridized carbons (Fsp3) is 0.222. The number of nitrogens with one attached hydrogen (secondary N) is 2. The number of Topliss-reactive ketones (excluding diaryl/α,β-unsaturated/α-hetero) is 1. The zero-order valence-electron chi connectivity index (χ0n) is 12.7. The van der Waals surface area contributed by atoms with Gasteiger partial charge in [0.05, 0.1) is 5.57 Å². The number of H-pyrrole nitrogens is 1. The van der Waals surface area contributed by atoms with Gasteiger partial charge in [0.1, 0.15) is 5.78 Å². The largest absolute Gasteiger partial charge is 0.361 e. The van der Waals surface area contributed by atoms with Crippen molar-refractivity contribution in [3.8, 4) is 0 Å². The summed E-state index contributed by atoms with van der Waals surface area (Å²) in [5, 5.41) is 2.87. The van der Waals surface area contributed by atoms with Crippen molar-refractivity contribution in [1.82, 2.24) is 4.98 Å². The van der Waals surface area contributed by atoms with Gasteiger partial charge in [-0.1, -0.05) is 18.2 Å². The molecule has 1 aromatic heterocycles. The van der Waals surface area contributed by atoms with Crippen molar-refractivity contribution in [3.63, 3.8) is 0 Å². The summed E-state index contributed by atoms with van der Waals surface area (Å²) >= 11 is 0. The molecule has 2 heterocycles. The lowest BCUT2D eigenvalue weighted by molar-refractivity contribution is -0.117. The predicted molar refractivity (Wildman–Crippen MR) is 87.5 cm³/mol. The van der Waals surface area contributed by atoms with Crippen LogP contribution < -0.4 is 5.32 Å². The SMILES string of the molecule is CC(=O)CCc1c(C)c[nH]c1/C=C1\C(=O)Nc2ccccc21. The van der Waals surface area contributed by atoms with Crippen molar-refractivity contribution in [3.05, 3.63) is 52.8 Å². The first-order valence-corrected chi connectivity index (χ1v) is 7.35. The second-order valence-electron chi connectivity index (χ2n) is 5.62. The number of amides is 1. The molecule has 112 valence electrons. The molecule has 3 rings (SSSR count). The van der Waals surface area contributed by atoms with Crippen LogP contribution in [0.3, 0.4) is 0 Å². The van der Waals surface area contributed by atoms with Gasteiger partial charge in [0, 0.05) is 29.6 Å². The van der Waals surface area contributed by atoms with Gasteiger partial charge in [-0.05, 0) is 43.5 Å². The standard InChI is InChI=1S/C18H18N2O2/c1-11-10-19-17(13(11)8-7-12(2)21)9-15-14-5-3-4-6-16(14)20-18(15)22/h3-6,9-10,19H,7-8H2,1-2H3,(H,20,22)/b15-9-. The fourth-order valence-corrected chi connectivity index (χ4v) is 2.76. The summed E-state index contributed by atoms with van der Waals surface area (Å²) < 4.78 is 0. The summed E-state index contributed by atoms with van der Waals surface area (Å²) in [6.07, 6.45) is 4.99. The van der Waals surface area contributed by atoms with Crippen LogP contribution in [0.4, 0.5) is 5.69 Å². The van der Waals surface area contributed by atoms with Gasteiger partial charge in [0.25, 0.3) is 5.91 Å². The summed E-state index contributed by atoms with van der Waals surface area (Å²) in [6.45, 7) is 3.61. The minimum absolute atomic E-state index is 0.0917. The number of hydrogen-bond donors (Lipinski definition) is 2. The van der Waals surface area contributed by atoms with E-state index in [0.29, 0.717) is 18.4 Å². The fourth-order valence-electron chi connectivity index (χ4n) is 2.76. The van der Waals surface area contributed by atoms with E-state index in [1.807, 2.05) is 43.5 Å². The number of ketones is 1. The zero-order chi connectivity index (χ0) is 15.7. The molecule has 0 bridgehead atoms. The second kappa shape index (κ2) is 5.64. The molecule has 4 heteroatoms. The van der Waals surface area contributed by atoms with E-state index in [0.717, 1.165) is 28.1 Å². The number of carbonyl (C=O) groups is 2. The Hall–Kier alpha value is -2.62. The van der Waals surface area contributed by atoms with Crippen LogP contribution in [0.1, 0.15) is 35.7 Å². The van der Waals surface area contributed by atoms with Crippen molar-refractivity contribution in [2.75, 3.05) is 5.32 Å². The molecule has 4 nitrogen and oxygen atoms in total. The number of fused-ring (bicyclic) bond motifs is 1. The highest BCUT2D eigenvalue weighted by atomic mass is 16.2. The van der Waals surface area contributed by atoms with Crippen LogP contribution in [0.15, 0.2) is 30.5 Å². The van der Waals surface area contributed by atoms with Crippen LogP contribution in [0.25, 0.3) is 11.6 Å². The number of carbonyl (C=O) groups excluding carboxylic acids is 2. The Labute approximate surface area is 129 Å². The van der Waals surface area contributed by atoms with Gasteiger partial charge in [0.15, 0.2) is 0 Å². The zero-order valence-corrected chi connectivity index (χ0v) is 12.7. The molecule has 0 saturated heterocycles. The highest BCUT2D eigenvalue weighted by molar-refractivity contribution is 6.34. The van der Waals surface area contributed by atoms with Gasteiger partial charge in [0.2, 0.25) is 0 Å². The first kappa shape index (κ1) is 14.3. The number of aromatic amines is 1. The third kappa shape index (κ3) is 2.60. The molecule has 1 aromatic carbocycles. The van der Waals surface area contributed by atoms with Crippen LogP contribution in [0.5, 0.6) is 0 Å².